The fraction of sp³-hybridized carbons (Fsp3) is 0.471. The maximum absolute atomic E-state index is 4.68. The van der Waals surface area contributed by atoms with E-state index in [-0.39, 0.29) is 0 Å². The molecule has 1 atom stereocenters. The van der Waals surface area contributed by atoms with E-state index in [4.69, 9.17) is 0 Å². The van der Waals surface area contributed by atoms with Gasteiger partial charge in [0.25, 0.3) is 0 Å². The summed E-state index contributed by atoms with van der Waals surface area (Å²) in [5.74, 6) is 0. The molecule has 0 aliphatic carbocycles. The zero-order valence-electron chi connectivity index (χ0n) is 13.5. The quantitative estimate of drug-likeness (QED) is 0.861. The van der Waals surface area contributed by atoms with Crippen LogP contribution in [0.3, 0.4) is 0 Å². The molecule has 1 N–H and O–H groups in total. The minimum absolute atomic E-state index is 0.338. The van der Waals surface area contributed by atoms with E-state index in [1.54, 1.807) is 0 Å². The lowest BCUT2D eigenvalue weighted by Crippen LogP contribution is -2.18. The van der Waals surface area contributed by atoms with Crippen LogP contribution in [0.15, 0.2) is 22.7 Å². The highest BCUT2D eigenvalue weighted by Crippen LogP contribution is 2.27. The average molecular weight is 350 g/mol. The van der Waals surface area contributed by atoms with Gasteiger partial charge in [-0.15, -0.1) is 0 Å². The molecular formula is C17H24BrN3. The Morgan fingerprint density at radius 2 is 2.00 bits per heavy atom. The van der Waals surface area contributed by atoms with Gasteiger partial charge in [-0.2, -0.15) is 5.10 Å². The van der Waals surface area contributed by atoms with Gasteiger partial charge in [0.05, 0.1) is 11.4 Å². The highest BCUT2D eigenvalue weighted by atomic mass is 79.9. The molecule has 0 saturated heterocycles. The van der Waals surface area contributed by atoms with E-state index < -0.39 is 0 Å². The van der Waals surface area contributed by atoms with Gasteiger partial charge in [0.2, 0.25) is 0 Å². The van der Waals surface area contributed by atoms with Gasteiger partial charge in [0.1, 0.15) is 0 Å². The summed E-state index contributed by atoms with van der Waals surface area (Å²) < 4.78 is 3.17. The van der Waals surface area contributed by atoms with Crippen molar-refractivity contribution in [1.29, 1.82) is 0 Å². The summed E-state index contributed by atoms with van der Waals surface area (Å²) in [4.78, 5) is 0. The van der Waals surface area contributed by atoms with Gasteiger partial charge in [0.15, 0.2) is 0 Å². The lowest BCUT2D eigenvalue weighted by Gasteiger charge is -2.16. The van der Waals surface area contributed by atoms with E-state index in [2.05, 4.69) is 79.2 Å². The number of nitrogens with zero attached hydrogens (tertiary/aromatic N) is 2. The second kappa shape index (κ2) is 6.75. The van der Waals surface area contributed by atoms with Crippen molar-refractivity contribution >= 4 is 15.9 Å². The molecule has 0 bridgehead atoms. The molecule has 21 heavy (non-hydrogen) atoms. The molecule has 1 aromatic heterocycles. The monoisotopic (exact) mass is 349 g/mol. The van der Waals surface area contributed by atoms with Crippen LogP contribution in [0.2, 0.25) is 0 Å². The predicted octanol–water partition coefficient (Wildman–Crippen LogP) is 4.48. The average Bonchev–Trinajstić information content (AvgIpc) is 2.73. The third kappa shape index (κ3) is 3.22. The maximum atomic E-state index is 4.68. The van der Waals surface area contributed by atoms with Crippen molar-refractivity contribution < 1.29 is 0 Å². The Bertz CT molecular complexity index is 631. The van der Waals surface area contributed by atoms with Crippen LogP contribution in [0.4, 0.5) is 0 Å². The topological polar surface area (TPSA) is 29.9 Å². The van der Waals surface area contributed by atoms with Crippen LogP contribution in [0.1, 0.15) is 49.3 Å². The fourth-order valence-electron chi connectivity index (χ4n) is 2.85. The first-order valence-corrected chi connectivity index (χ1v) is 8.37. The number of halogens is 1. The number of aryl methyl sites for hydroxylation is 1. The molecule has 1 heterocycles. The van der Waals surface area contributed by atoms with E-state index >= 15 is 0 Å². The summed E-state index contributed by atoms with van der Waals surface area (Å²) in [7, 11) is 0. The summed E-state index contributed by atoms with van der Waals surface area (Å²) >= 11 is 3.70. The second-order valence-corrected chi connectivity index (χ2v) is 6.25. The Hall–Kier alpha value is -1.13. The van der Waals surface area contributed by atoms with Gasteiger partial charge in [-0.3, -0.25) is 0 Å². The molecule has 0 saturated carbocycles. The minimum atomic E-state index is 0.338. The van der Waals surface area contributed by atoms with Gasteiger partial charge in [-0.1, -0.05) is 35.8 Å². The highest BCUT2D eigenvalue weighted by molar-refractivity contribution is 9.10. The molecule has 0 aliphatic heterocycles. The number of hydrogen-bond donors (Lipinski definition) is 1. The normalized spacial score (nSPS) is 12.7. The van der Waals surface area contributed by atoms with Crippen molar-refractivity contribution in [2.75, 3.05) is 6.54 Å². The van der Waals surface area contributed by atoms with Gasteiger partial charge in [-0.05, 0) is 57.0 Å². The Balaban J connectivity index is 2.41. The minimum Gasteiger partial charge on any atom is -0.310 e. The summed E-state index contributed by atoms with van der Waals surface area (Å²) in [5.41, 5.74) is 6.08. The van der Waals surface area contributed by atoms with Crippen LogP contribution in [0.25, 0.3) is 5.69 Å². The SMILES string of the molecule is CCNC(C)c1ccc(-n2nc(C)c(CC)c2C)cc1Br. The Morgan fingerprint density at radius 1 is 1.29 bits per heavy atom. The van der Waals surface area contributed by atoms with Crippen LogP contribution in [-0.4, -0.2) is 16.3 Å². The van der Waals surface area contributed by atoms with Crippen molar-refractivity contribution in [2.24, 2.45) is 0 Å². The van der Waals surface area contributed by atoms with Crippen LogP contribution in [-0.2, 0) is 6.42 Å². The zero-order chi connectivity index (χ0) is 15.6. The number of aromatic nitrogens is 2. The first kappa shape index (κ1) is 16.2. The van der Waals surface area contributed by atoms with E-state index in [1.807, 2.05) is 4.68 Å². The summed E-state index contributed by atoms with van der Waals surface area (Å²) in [6.07, 6.45) is 1.02. The predicted molar refractivity (Wildman–Crippen MR) is 92.2 cm³/mol. The van der Waals surface area contributed by atoms with Crippen molar-refractivity contribution in [3.05, 3.63) is 45.2 Å². The Kier molecular flexibility index (Phi) is 5.22. The van der Waals surface area contributed by atoms with Crippen LogP contribution < -0.4 is 5.32 Å². The van der Waals surface area contributed by atoms with Gasteiger partial charge in [-0.25, -0.2) is 4.68 Å². The molecule has 4 heteroatoms. The lowest BCUT2D eigenvalue weighted by molar-refractivity contribution is 0.596. The molecule has 2 aromatic rings. The standard InChI is InChI=1S/C17H24BrN3/c1-6-15-12(4)20-21(13(15)5)14-8-9-16(17(18)10-14)11(3)19-7-2/h8-11,19H,6-7H2,1-5H3. The summed E-state index contributed by atoms with van der Waals surface area (Å²) in [6.45, 7) is 11.7. The number of nitrogens with one attached hydrogen (secondary N) is 1. The molecule has 114 valence electrons. The zero-order valence-corrected chi connectivity index (χ0v) is 15.1. The third-order valence-corrected chi connectivity index (χ3v) is 4.69. The van der Waals surface area contributed by atoms with E-state index in [9.17, 15) is 0 Å². The third-order valence-electron chi connectivity index (χ3n) is 4.00. The first-order chi connectivity index (χ1) is 9.99. The van der Waals surface area contributed by atoms with Crippen LogP contribution in [0, 0.1) is 13.8 Å². The second-order valence-electron chi connectivity index (χ2n) is 5.40. The van der Waals surface area contributed by atoms with Crippen molar-refractivity contribution in [3.8, 4) is 5.69 Å². The summed E-state index contributed by atoms with van der Waals surface area (Å²) in [5, 5.41) is 8.13. The Labute approximate surface area is 135 Å². The number of benzene rings is 1. The van der Waals surface area contributed by atoms with Crippen molar-refractivity contribution in [1.82, 2.24) is 15.1 Å². The Morgan fingerprint density at radius 3 is 2.52 bits per heavy atom. The number of rotatable bonds is 5. The molecule has 0 aliphatic rings. The largest absolute Gasteiger partial charge is 0.310 e. The van der Waals surface area contributed by atoms with E-state index in [1.165, 1.54) is 16.8 Å². The molecule has 2 rings (SSSR count). The van der Waals surface area contributed by atoms with Crippen LogP contribution >= 0.6 is 15.9 Å². The molecule has 0 fully saturated rings. The maximum Gasteiger partial charge on any atom is 0.0660 e. The molecule has 1 aromatic carbocycles. The van der Waals surface area contributed by atoms with Crippen molar-refractivity contribution in [2.45, 2.75) is 47.1 Å². The molecule has 0 spiro atoms. The highest BCUT2D eigenvalue weighted by Gasteiger charge is 2.13. The van der Waals surface area contributed by atoms with Crippen LogP contribution in [0.5, 0.6) is 0 Å². The van der Waals surface area contributed by atoms with Gasteiger partial charge < -0.3 is 5.32 Å². The fourth-order valence-corrected chi connectivity index (χ4v) is 3.56. The van der Waals surface area contributed by atoms with Crippen molar-refractivity contribution in [3.63, 3.8) is 0 Å². The molecular weight excluding hydrogens is 326 g/mol. The van der Waals surface area contributed by atoms with E-state index in [0.29, 0.717) is 6.04 Å². The van der Waals surface area contributed by atoms with E-state index in [0.717, 1.165) is 28.8 Å². The van der Waals surface area contributed by atoms with Gasteiger partial charge >= 0.3 is 0 Å². The van der Waals surface area contributed by atoms with Gasteiger partial charge in [0, 0.05) is 16.2 Å². The molecule has 0 amide bonds. The smallest absolute Gasteiger partial charge is 0.0660 e. The first-order valence-electron chi connectivity index (χ1n) is 7.57. The number of hydrogen-bond acceptors (Lipinski definition) is 2. The molecule has 0 radical (unpaired) electrons. The molecule has 3 nitrogen and oxygen atoms in total. The summed E-state index contributed by atoms with van der Waals surface area (Å²) in [6, 6.07) is 6.81. The molecule has 1 unspecified atom stereocenters. The lowest BCUT2D eigenvalue weighted by atomic mass is 10.1.